The molecule has 3 nitrogen and oxygen atoms in total. The normalized spacial score (nSPS) is 47.1. The molecule has 0 spiro atoms. The van der Waals surface area contributed by atoms with Crippen molar-refractivity contribution in [3.8, 4) is 0 Å². The Balaban J connectivity index is 1.42. The number of hydrogen-bond acceptors (Lipinski definition) is 2. The Kier molecular flexibility index (Phi) is 5.46. The predicted octanol–water partition coefficient (Wildman–Crippen LogP) is 6.09. The highest BCUT2D eigenvalue weighted by atomic mass is 32.2. The van der Waals surface area contributed by atoms with Gasteiger partial charge >= 0.3 is 0 Å². The summed E-state index contributed by atoms with van der Waals surface area (Å²) in [5.74, 6) is 4.52. The summed E-state index contributed by atoms with van der Waals surface area (Å²) in [7, 11) is -3.79. The minimum absolute atomic E-state index is 0.0652. The Labute approximate surface area is 166 Å². The van der Waals surface area contributed by atoms with E-state index < -0.39 is 10.1 Å². The Morgan fingerprint density at radius 1 is 0.852 bits per heavy atom. The van der Waals surface area contributed by atoms with Crippen LogP contribution < -0.4 is 0 Å². The van der Waals surface area contributed by atoms with E-state index in [4.69, 9.17) is 4.55 Å². The highest BCUT2D eigenvalue weighted by Crippen LogP contribution is 2.67. The van der Waals surface area contributed by atoms with Crippen LogP contribution in [-0.4, -0.2) is 18.7 Å². The van der Waals surface area contributed by atoms with E-state index >= 15 is 0 Å². The lowest BCUT2D eigenvalue weighted by atomic mass is 9.45. The molecule has 4 fully saturated rings. The fraction of sp³-hybridized carbons (Fsp3) is 1.00. The number of rotatable bonds is 5. The van der Waals surface area contributed by atoms with Crippen LogP contribution in [0.2, 0.25) is 0 Å². The highest BCUT2D eigenvalue weighted by Gasteiger charge is 2.59. The number of unbranched alkanes of at least 4 members (excludes halogenated alkanes) is 1. The predicted molar refractivity (Wildman–Crippen MR) is 110 cm³/mol. The molecule has 0 bridgehead atoms. The van der Waals surface area contributed by atoms with Gasteiger partial charge in [-0.1, -0.05) is 33.1 Å². The van der Waals surface area contributed by atoms with Gasteiger partial charge in [0.2, 0.25) is 0 Å². The average molecular weight is 397 g/mol. The summed E-state index contributed by atoms with van der Waals surface area (Å²) in [6, 6.07) is 0. The van der Waals surface area contributed by atoms with E-state index in [0.717, 1.165) is 42.4 Å². The van der Waals surface area contributed by atoms with Gasteiger partial charge in [-0.2, -0.15) is 8.42 Å². The summed E-state index contributed by atoms with van der Waals surface area (Å²) < 4.78 is 30.9. The first-order valence-corrected chi connectivity index (χ1v) is 13.3. The third-order valence-corrected chi connectivity index (χ3v) is 10.8. The monoisotopic (exact) mass is 396 g/mol. The van der Waals surface area contributed by atoms with E-state index in [0.29, 0.717) is 17.3 Å². The van der Waals surface area contributed by atoms with Crippen LogP contribution in [-0.2, 0) is 10.1 Å². The third-order valence-electron chi connectivity index (χ3n) is 9.98. The van der Waals surface area contributed by atoms with Crippen molar-refractivity contribution in [1.29, 1.82) is 0 Å². The quantitative estimate of drug-likeness (QED) is 0.451. The first-order valence-electron chi connectivity index (χ1n) is 11.7. The Morgan fingerprint density at radius 3 is 2.41 bits per heavy atom. The van der Waals surface area contributed by atoms with E-state index in [9.17, 15) is 8.42 Å². The van der Waals surface area contributed by atoms with Crippen molar-refractivity contribution in [1.82, 2.24) is 0 Å². The lowest BCUT2D eigenvalue weighted by molar-refractivity contribution is -0.111. The molecule has 156 valence electrons. The Morgan fingerprint density at radius 2 is 1.63 bits per heavy atom. The molecule has 0 aliphatic heterocycles. The zero-order valence-corrected chi connectivity index (χ0v) is 18.3. The SMILES string of the molecule is CC12CCCCC1CCC1C2CCC2(C)C(CCCCS(=O)(=O)O)CCC12. The summed E-state index contributed by atoms with van der Waals surface area (Å²) >= 11 is 0. The first-order chi connectivity index (χ1) is 12.7. The lowest BCUT2D eigenvalue weighted by Crippen LogP contribution is -2.52. The fourth-order valence-electron chi connectivity index (χ4n) is 8.55. The number of hydrogen-bond donors (Lipinski definition) is 1. The largest absolute Gasteiger partial charge is 0.286 e. The smallest absolute Gasteiger partial charge is 0.264 e. The van der Waals surface area contributed by atoms with Gasteiger partial charge < -0.3 is 0 Å². The van der Waals surface area contributed by atoms with Gasteiger partial charge in [0.1, 0.15) is 0 Å². The van der Waals surface area contributed by atoms with Crippen molar-refractivity contribution in [3.63, 3.8) is 0 Å². The van der Waals surface area contributed by atoms with Crippen LogP contribution >= 0.6 is 0 Å². The van der Waals surface area contributed by atoms with E-state index in [-0.39, 0.29) is 5.75 Å². The lowest BCUT2D eigenvalue weighted by Gasteiger charge is -2.60. The van der Waals surface area contributed by atoms with Crippen LogP contribution in [0.25, 0.3) is 0 Å². The molecule has 0 aromatic heterocycles. The minimum Gasteiger partial charge on any atom is -0.286 e. The zero-order chi connectivity index (χ0) is 19.3. The van der Waals surface area contributed by atoms with Gasteiger partial charge in [0, 0.05) is 0 Å². The molecule has 27 heavy (non-hydrogen) atoms. The maximum absolute atomic E-state index is 11.0. The van der Waals surface area contributed by atoms with Gasteiger partial charge in [0.15, 0.2) is 0 Å². The van der Waals surface area contributed by atoms with E-state index in [1.807, 2.05) is 0 Å². The Hall–Kier alpha value is -0.0900. The first kappa shape index (κ1) is 20.2. The molecule has 4 aliphatic carbocycles. The maximum Gasteiger partial charge on any atom is 0.264 e. The molecule has 4 heteroatoms. The maximum atomic E-state index is 11.0. The highest BCUT2D eigenvalue weighted by molar-refractivity contribution is 7.85. The second-order valence-corrected chi connectivity index (χ2v) is 12.6. The summed E-state index contributed by atoms with van der Waals surface area (Å²) in [6.07, 6.45) is 17.1. The van der Waals surface area contributed by atoms with Crippen molar-refractivity contribution < 1.29 is 13.0 Å². The third kappa shape index (κ3) is 3.63. The van der Waals surface area contributed by atoms with Gasteiger partial charge in [0.05, 0.1) is 5.75 Å². The molecule has 4 aliphatic rings. The number of fused-ring (bicyclic) bond motifs is 5. The molecule has 7 unspecified atom stereocenters. The molecule has 0 heterocycles. The van der Waals surface area contributed by atoms with Crippen LogP contribution in [0, 0.1) is 40.4 Å². The second-order valence-electron chi connectivity index (χ2n) is 11.0. The summed E-state index contributed by atoms with van der Waals surface area (Å²) in [6.45, 7) is 5.22. The fourth-order valence-corrected chi connectivity index (χ4v) is 9.12. The van der Waals surface area contributed by atoms with Crippen LogP contribution in [0.1, 0.15) is 97.3 Å². The van der Waals surface area contributed by atoms with E-state index in [1.54, 1.807) is 0 Å². The van der Waals surface area contributed by atoms with Crippen LogP contribution in [0.5, 0.6) is 0 Å². The Bertz CT molecular complexity index is 644. The van der Waals surface area contributed by atoms with Crippen molar-refractivity contribution in [2.45, 2.75) is 97.3 Å². The standard InChI is InChI=1S/C23H40O3S/c1-22-14-5-3-7-17(22)9-11-19-20-12-10-18(8-4-6-16-27(24,25)26)23(20,2)15-13-21(19)22/h17-21H,3-16H2,1-2H3,(H,24,25,26). The zero-order valence-electron chi connectivity index (χ0n) is 17.5. The minimum atomic E-state index is -3.79. The van der Waals surface area contributed by atoms with Gasteiger partial charge in [-0.25, -0.2) is 0 Å². The van der Waals surface area contributed by atoms with Gasteiger partial charge in [-0.05, 0) is 105 Å². The van der Waals surface area contributed by atoms with Gasteiger partial charge in [-0.15, -0.1) is 0 Å². The van der Waals surface area contributed by atoms with Crippen molar-refractivity contribution >= 4 is 10.1 Å². The second kappa shape index (κ2) is 7.31. The molecule has 0 aromatic carbocycles. The molecule has 4 saturated carbocycles. The molecule has 0 radical (unpaired) electrons. The van der Waals surface area contributed by atoms with Crippen LogP contribution in [0.3, 0.4) is 0 Å². The molecule has 0 amide bonds. The molecule has 0 saturated heterocycles. The molecule has 1 N–H and O–H groups in total. The van der Waals surface area contributed by atoms with Crippen molar-refractivity contribution in [2.75, 3.05) is 5.75 Å². The van der Waals surface area contributed by atoms with Crippen LogP contribution in [0.15, 0.2) is 0 Å². The van der Waals surface area contributed by atoms with Crippen molar-refractivity contribution in [2.24, 2.45) is 40.4 Å². The molecule has 7 atom stereocenters. The molecule has 0 aromatic rings. The van der Waals surface area contributed by atoms with Crippen LogP contribution in [0.4, 0.5) is 0 Å². The topological polar surface area (TPSA) is 54.4 Å². The van der Waals surface area contributed by atoms with E-state index in [2.05, 4.69) is 13.8 Å². The van der Waals surface area contributed by atoms with Gasteiger partial charge in [-0.3, -0.25) is 4.55 Å². The molecule has 4 rings (SSSR count). The molecular weight excluding hydrogens is 356 g/mol. The summed E-state index contributed by atoms with van der Waals surface area (Å²) in [4.78, 5) is 0. The summed E-state index contributed by atoms with van der Waals surface area (Å²) in [5.41, 5.74) is 1.10. The average Bonchev–Trinajstić information content (AvgIpc) is 2.94. The van der Waals surface area contributed by atoms with Gasteiger partial charge in [0.25, 0.3) is 10.1 Å². The van der Waals surface area contributed by atoms with Crippen molar-refractivity contribution in [3.05, 3.63) is 0 Å². The van der Waals surface area contributed by atoms with E-state index in [1.165, 1.54) is 64.2 Å². The summed E-state index contributed by atoms with van der Waals surface area (Å²) in [5, 5.41) is 0. The molecular formula is C23H40O3S.